The molecule has 0 atom stereocenters. The second-order valence-corrected chi connectivity index (χ2v) is 10.6. The van der Waals surface area contributed by atoms with Gasteiger partial charge in [0.05, 0.1) is 19.0 Å². The lowest BCUT2D eigenvalue weighted by molar-refractivity contribution is 0.0290. The van der Waals surface area contributed by atoms with Gasteiger partial charge in [-0.15, -0.1) is 0 Å². The lowest BCUT2D eigenvalue weighted by atomic mass is 9.95. The first kappa shape index (κ1) is 27.0. The minimum Gasteiger partial charge on any atom is -0.488 e. The Morgan fingerprint density at radius 2 is 1.95 bits per heavy atom. The number of pyridine rings is 1. The molecule has 4 heterocycles. The number of aromatic nitrogens is 3. The number of fused-ring (bicyclic) bond motifs is 1. The Hall–Kier alpha value is -4.21. The predicted molar refractivity (Wildman–Crippen MR) is 154 cm³/mol. The third-order valence-electron chi connectivity index (χ3n) is 7.93. The molecule has 1 fully saturated rings. The van der Waals surface area contributed by atoms with Crippen LogP contribution in [0.15, 0.2) is 60.8 Å². The second kappa shape index (κ2) is 11.7. The molecule has 41 heavy (non-hydrogen) atoms. The van der Waals surface area contributed by atoms with Crippen LogP contribution in [0.25, 0.3) is 17.1 Å². The van der Waals surface area contributed by atoms with E-state index in [2.05, 4.69) is 28.2 Å². The van der Waals surface area contributed by atoms with E-state index in [4.69, 9.17) is 19.2 Å². The normalized spacial score (nSPS) is 15.9. The van der Waals surface area contributed by atoms with Gasteiger partial charge in [0.1, 0.15) is 17.9 Å². The maximum atomic E-state index is 11.6. The van der Waals surface area contributed by atoms with Crippen molar-refractivity contribution < 1.29 is 24.1 Å². The molecule has 9 heteroatoms. The molecule has 2 aromatic heterocycles. The average Bonchev–Trinajstić information content (AvgIpc) is 3.45. The number of carboxylic acids is 1. The van der Waals surface area contributed by atoms with Crippen molar-refractivity contribution in [2.45, 2.75) is 45.4 Å². The molecule has 0 saturated carbocycles. The highest BCUT2D eigenvalue weighted by molar-refractivity contribution is 5.90. The maximum Gasteiger partial charge on any atom is 0.342 e. The fourth-order valence-electron chi connectivity index (χ4n) is 5.74. The van der Waals surface area contributed by atoms with Crippen LogP contribution in [0.2, 0.25) is 0 Å². The van der Waals surface area contributed by atoms with Gasteiger partial charge in [-0.3, -0.25) is 4.90 Å². The van der Waals surface area contributed by atoms with Gasteiger partial charge in [0.2, 0.25) is 5.88 Å². The topological polar surface area (TPSA) is 98.9 Å². The summed E-state index contributed by atoms with van der Waals surface area (Å²) in [4.78, 5) is 19.0. The van der Waals surface area contributed by atoms with Crippen LogP contribution < -0.4 is 9.47 Å². The molecule has 212 valence electrons. The first-order chi connectivity index (χ1) is 20.0. The van der Waals surface area contributed by atoms with E-state index < -0.39 is 5.97 Å². The van der Waals surface area contributed by atoms with Gasteiger partial charge in [-0.05, 0) is 72.7 Å². The van der Waals surface area contributed by atoms with E-state index in [0.717, 1.165) is 68.0 Å². The van der Waals surface area contributed by atoms with Gasteiger partial charge < -0.3 is 19.3 Å². The number of nitrogens with zero attached hydrogens (tertiary/aromatic N) is 4. The standard InChI is InChI=1S/C32H34N4O5/c1-21-6-9-26(28-4-3-5-30(34-28)36-31(39-2)27(18-33-36)32(37)38)29(16-21)41-20-22-7-8-24-19-35(13-10-23(24)17-22)25-11-14-40-15-12-25/h3-9,16-18,25H,10-15,19-20H2,1-2H3,(H,37,38). The third-order valence-corrected chi connectivity index (χ3v) is 7.93. The zero-order valence-corrected chi connectivity index (χ0v) is 23.4. The summed E-state index contributed by atoms with van der Waals surface area (Å²) in [6.07, 6.45) is 4.55. The van der Waals surface area contributed by atoms with Crippen molar-refractivity contribution >= 4 is 5.97 Å². The van der Waals surface area contributed by atoms with Gasteiger partial charge in [-0.1, -0.05) is 30.3 Å². The fraction of sp³-hybridized carbons (Fsp3) is 0.344. The summed E-state index contributed by atoms with van der Waals surface area (Å²) in [5, 5.41) is 13.7. The number of aryl methyl sites for hydroxylation is 1. The van der Waals surface area contributed by atoms with E-state index in [9.17, 15) is 9.90 Å². The summed E-state index contributed by atoms with van der Waals surface area (Å²) in [6, 6.07) is 18.9. The summed E-state index contributed by atoms with van der Waals surface area (Å²) < 4.78 is 18.7. The van der Waals surface area contributed by atoms with Crippen LogP contribution in [0.3, 0.4) is 0 Å². The molecule has 0 unspecified atom stereocenters. The lowest BCUT2D eigenvalue weighted by Gasteiger charge is -2.37. The number of aromatic carboxylic acids is 1. The van der Waals surface area contributed by atoms with E-state index in [0.29, 0.717) is 24.2 Å². The smallest absolute Gasteiger partial charge is 0.342 e. The molecule has 4 aromatic rings. The van der Waals surface area contributed by atoms with Crippen molar-refractivity contribution in [2.75, 3.05) is 26.9 Å². The summed E-state index contributed by atoms with van der Waals surface area (Å²) in [7, 11) is 1.42. The summed E-state index contributed by atoms with van der Waals surface area (Å²) in [5.41, 5.74) is 6.53. The quantitative estimate of drug-likeness (QED) is 0.323. The molecule has 1 N–H and O–H groups in total. The Balaban J connectivity index is 1.21. The van der Waals surface area contributed by atoms with E-state index >= 15 is 0 Å². The van der Waals surface area contributed by atoms with Crippen molar-refractivity contribution in [2.24, 2.45) is 0 Å². The number of methoxy groups -OCH3 is 1. The van der Waals surface area contributed by atoms with Crippen LogP contribution in [0.4, 0.5) is 0 Å². The zero-order valence-electron chi connectivity index (χ0n) is 23.4. The number of benzene rings is 2. The number of hydrogen-bond acceptors (Lipinski definition) is 7. The summed E-state index contributed by atoms with van der Waals surface area (Å²) >= 11 is 0. The number of rotatable bonds is 8. The summed E-state index contributed by atoms with van der Waals surface area (Å²) in [5.74, 6) is 0.183. The third kappa shape index (κ3) is 5.68. The molecule has 6 rings (SSSR count). The highest BCUT2D eigenvalue weighted by Gasteiger charge is 2.25. The Kier molecular flexibility index (Phi) is 7.71. The van der Waals surface area contributed by atoms with Gasteiger partial charge in [-0.2, -0.15) is 9.78 Å². The fourth-order valence-corrected chi connectivity index (χ4v) is 5.74. The lowest BCUT2D eigenvalue weighted by Crippen LogP contribution is -2.42. The maximum absolute atomic E-state index is 11.6. The van der Waals surface area contributed by atoms with E-state index in [1.807, 2.05) is 37.3 Å². The van der Waals surface area contributed by atoms with Crippen LogP contribution in [0.1, 0.15) is 45.5 Å². The van der Waals surface area contributed by atoms with Crippen molar-refractivity contribution in [3.63, 3.8) is 0 Å². The van der Waals surface area contributed by atoms with Crippen LogP contribution in [-0.4, -0.2) is 63.7 Å². The van der Waals surface area contributed by atoms with Crippen molar-refractivity contribution in [3.8, 4) is 28.7 Å². The molecule has 0 spiro atoms. The summed E-state index contributed by atoms with van der Waals surface area (Å²) in [6.45, 7) is 6.30. The predicted octanol–water partition coefficient (Wildman–Crippen LogP) is 5.07. The molecule has 2 aliphatic rings. The van der Waals surface area contributed by atoms with Gasteiger partial charge >= 0.3 is 5.97 Å². The Morgan fingerprint density at radius 1 is 1.10 bits per heavy atom. The molecule has 2 aliphatic heterocycles. The van der Waals surface area contributed by atoms with E-state index in [1.165, 1.54) is 29.1 Å². The molecular formula is C32H34N4O5. The number of carbonyl (C=O) groups is 1. The van der Waals surface area contributed by atoms with Gasteiger partial charge in [0.15, 0.2) is 5.82 Å². The SMILES string of the molecule is COc1c(C(=O)O)cnn1-c1cccc(-c2ccc(C)cc2OCc2ccc3c(c2)CCN(C2CCOCC2)C3)n1. The van der Waals surface area contributed by atoms with Crippen LogP contribution in [0.5, 0.6) is 11.6 Å². The van der Waals surface area contributed by atoms with E-state index in [1.54, 1.807) is 6.07 Å². The number of carboxylic acid groups (broad SMARTS) is 1. The van der Waals surface area contributed by atoms with Crippen molar-refractivity contribution in [1.29, 1.82) is 0 Å². The molecule has 0 aliphatic carbocycles. The molecule has 9 nitrogen and oxygen atoms in total. The largest absolute Gasteiger partial charge is 0.488 e. The van der Waals surface area contributed by atoms with Crippen molar-refractivity contribution in [3.05, 3.63) is 88.6 Å². The molecule has 1 saturated heterocycles. The Labute approximate surface area is 239 Å². The minimum absolute atomic E-state index is 0.0274. The molecular weight excluding hydrogens is 520 g/mol. The highest BCUT2D eigenvalue weighted by Crippen LogP contribution is 2.32. The Morgan fingerprint density at radius 3 is 2.76 bits per heavy atom. The molecule has 2 aromatic carbocycles. The van der Waals surface area contributed by atoms with Gasteiger partial charge in [-0.25, -0.2) is 9.78 Å². The van der Waals surface area contributed by atoms with Crippen LogP contribution in [0, 0.1) is 6.92 Å². The number of ether oxygens (including phenoxy) is 3. The van der Waals surface area contributed by atoms with Gasteiger partial charge in [0, 0.05) is 37.9 Å². The molecule has 0 amide bonds. The molecule has 0 bridgehead atoms. The van der Waals surface area contributed by atoms with E-state index in [-0.39, 0.29) is 11.4 Å². The first-order valence-electron chi connectivity index (χ1n) is 14.0. The van der Waals surface area contributed by atoms with Crippen LogP contribution in [-0.2, 0) is 24.3 Å². The van der Waals surface area contributed by atoms with Gasteiger partial charge in [0.25, 0.3) is 0 Å². The highest BCUT2D eigenvalue weighted by atomic mass is 16.5. The Bertz CT molecular complexity index is 1560. The second-order valence-electron chi connectivity index (χ2n) is 10.6. The minimum atomic E-state index is -1.11. The first-order valence-corrected chi connectivity index (χ1v) is 14.0. The zero-order chi connectivity index (χ0) is 28.3. The van der Waals surface area contributed by atoms with Crippen LogP contribution >= 0.6 is 0 Å². The molecule has 0 radical (unpaired) electrons. The number of hydrogen-bond donors (Lipinski definition) is 1. The van der Waals surface area contributed by atoms with Crippen molar-refractivity contribution in [1.82, 2.24) is 19.7 Å². The monoisotopic (exact) mass is 554 g/mol. The average molecular weight is 555 g/mol.